The van der Waals surface area contributed by atoms with E-state index in [4.69, 9.17) is 24.1 Å². The minimum atomic E-state index is -5.08. The predicted octanol–water partition coefficient (Wildman–Crippen LogP) is 2.46. The Morgan fingerprint density at radius 1 is 1.05 bits per heavy atom. The number of hydrogen-bond donors (Lipinski definition) is 2. The number of nitrogens with zero attached hydrogens (tertiary/aromatic N) is 3. The first kappa shape index (κ1) is 32.7. The van der Waals surface area contributed by atoms with Gasteiger partial charge in [-0.05, 0) is 32.9 Å². The van der Waals surface area contributed by atoms with Gasteiger partial charge in [0, 0.05) is 13.5 Å². The van der Waals surface area contributed by atoms with Gasteiger partial charge in [-0.15, -0.1) is 0 Å². The van der Waals surface area contributed by atoms with E-state index in [1.54, 1.807) is 39.0 Å². The molecule has 2 atom stereocenters. The zero-order valence-corrected chi connectivity index (χ0v) is 22.6. The number of benzene rings is 1. The van der Waals surface area contributed by atoms with Crippen LogP contribution in [0.1, 0.15) is 59.9 Å². The highest BCUT2D eigenvalue weighted by Crippen LogP contribution is 2.33. The van der Waals surface area contributed by atoms with Gasteiger partial charge < -0.3 is 24.4 Å². The number of carboxylic acid groups (broad SMARTS) is 1. The first-order chi connectivity index (χ1) is 18.9. The number of halogens is 3. The Balaban J connectivity index is 0.000000745. The summed E-state index contributed by atoms with van der Waals surface area (Å²) in [6.07, 6.45) is -6.63. The standard InChI is InChI=1S/C23H27N3O8.C2HF3O2/c1-23(2,3)34-22(31)26-12-14(27)11-15(26)18-24-16(21(30)32-5)17(19(28)25(18)4)33-20(29)13-9-7-6-8-10-13;3-2(4,5)1(6)7/h6-10,14-15,27H,11-12H2,1-5H3;(H,6,7)/t14-,15+;/m1./s1. The maximum absolute atomic E-state index is 13.2. The molecule has 2 N–H and O–H groups in total. The van der Waals surface area contributed by atoms with Crippen LogP contribution in [0.25, 0.3) is 0 Å². The third-order valence-corrected chi connectivity index (χ3v) is 5.31. The van der Waals surface area contributed by atoms with Crippen LogP contribution in [0, 0.1) is 0 Å². The molecule has 0 unspecified atom stereocenters. The maximum atomic E-state index is 13.2. The molecular formula is C25H28F3N3O10. The number of carboxylic acids is 1. The van der Waals surface area contributed by atoms with Crippen molar-refractivity contribution in [3.05, 3.63) is 57.8 Å². The second kappa shape index (κ2) is 12.8. The van der Waals surface area contributed by atoms with Gasteiger partial charge >= 0.3 is 30.2 Å². The highest BCUT2D eigenvalue weighted by molar-refractivity contribution is 5.94. The number of amides is 1. The van der Waals surface area contributed by atoms with E-state index in [1.807, 2.05) is 0 Å². The Kier molecular flexibility index (Phi) is 10.2. The van der Waals surface area contributed by atoms with Gasteiger partial charge in [0.25, 0.3) is 5.56 Å². The van der Waals surface area contributed by atoms with Crippen LogP contribution in [0.2, 0.25) is 0 Å². The number of aliphatic carboxylic acids is 1. The van der Waals surface area contributed by atoms with Crippen molar-refractivity contribution < 1.29 is 56.8 Å². The van der Waals surface area contributed by atoms with Crippen molar-refractivity contribution in [1.82, 2.24) is 14.5 Å². The quantitative estimate of drug-likeness (QED) is 0.503. The first-order valence-electron chi connectivity index (χ1n) is 11.8. The molecule has 1 aliphatic rings. The number of aliphatic hydroxyl groups is 1. The van der Waals surface area contributed by atoms with E-state index in [-0.39, 0.29) is 24.4 Å². The van der Waals surface area contributed by atoms with E-state index in [2.05, 4.69) is 4.98 Å². The van der Waals surface area contributed by atoms with Crippen molar-refractivity contribution in [2.75, 3.05) is 13.7 Å². The topological polar surface area (TPSA) is 175 Å². The zero-order chi connectivity index (χ0) is 31.3. The summed E-state index contributed by atoms with van der Waals surface area (Å²) >= 11 is 0. The summed E-state index contributed by atoms with van der Waals surface area (Å²) in [5, 5.41) is 17.4. The molecule has 1 aromatic carbocycles. The SMILES string of the molecule is COC(=O)c1nc([C@@H]2C[C@@H](O)CN2C(=O)OC(C)(C)C)n(C)c(=O)c1OC(=O)c1ccccc1.O=C(O)C(F)(F)F. The van der Waals surface area contributed by atoms with Gasteiger partial charge in [-0.25, -0.2) is 24.2 Å². The molecule has 2 aromatic rings. The highest BCUT2D eigenvalue weighted by atomic mass is 19.4. The summed E-state index contributed by atoms with van der Waals surface area (Å²) in [5.74, 6) is -5.21. The van der Waals surface area contributed by atoms with Gasteiger partial charge in [0.1, 0.15) is 11.4 Å². The second-order valence-corrected chi connectivity index (χ2v) is 9.60. The number of ether oxygens (including phenoxy) is 3. The van der Waals surface area contributed by atoms with Crippen LogP contribution in [0.4, 0.5) is 18.0 Å². The minimum absolute atomic E-state index is 0.00678. The zero-order valence-electron chi connectivity index (χ0n) is 22.6. The molecule has 0 bridgehead atoms. The van der Waals surface area contributed by atoms with Gasteiger partial charge in [0.15, 0.2) is 5.69 Å². The Hall–Kier alpha value is -4.47. The molecule has 1 saturated heterocycles. The summed E-state index contributed by atoms with van der Waals surface area (Å²) in [5.41, 5.74) is -1.98. The lowest BCUT2D eigenvalue weighted by Crippen LogP contribution is -2.39. The molecule has 3 rings (SSSR count). The number of aromatic nitrogens is 2. The van der Waals surface area contributed by atoms with Crippen LogP contribution in [0.5, 0.6) is 5.75 Å². The molecule has 1 aromatic heterocycles. The normalized spacial score (nSPS) is 16.8. The number of rotatable bonds is 4. The molecule has 0 aliphatic carbocycles. The van der Waals surface area contributed by atoms with Gasteiger partial charge in [-0.1, -0.05) is 18.2 Å². The fourth-order valence-corrected chi connectivity index (χ4v) is 3.53. The van der Waals surface area contributed by atoms with Crippen LogP contribution in [0.3, 0.4) is 0 Å². The second-order valence-electron chi connectivity index (χ2n) is 9.60. The average molecular weight is 588 g/mol. The number of alkyl halides is 3. The number of β-amino-alcohol motifs (C(OH)–C–C–N with tert-alkyl or cyclic N) is 1. The summed E-state index contributed by atoms with van der Waals surface area (Å²) in [6.45, 7) is 5.05. The van der Waals surface area contributed by atoms with E-state index < -0.39 is 64.9 Å². The molecule has 2 heterocycles. The van der Waals surface area contributed by atoms with Crippen molar-refractivity contribution in [2.24, 2.45) is 7.05 Å². The van der Waals surface area contributed by atoms with Crippen molar-refractivity contribution in [3.8, 4) is 5.75 Å². The molecule has 0 spiro atoms. The fraction of sp³-hybridized carbons (Fsp3) is 0.440. The van der Waals surface area contributed by atoms with Crippen molar-refractivity contribution in [2.45, 2.75) is 51.1 Å². The molecular weight excluding hydrogens is 559 g/mol. The smallest absolute Gasteiger partial charge is 0.475 e. The largest absolute Gasteiger partial charge is 0.490 e. The lowest BCUT2D eigenvalue weighted by Gasteiger charge is -2.29. The molecule has 1 aliphatic heterocycles. The van der Waals surface area contributed by atoms with Crippen LogP contribution in [-0.2, 0) is 21.3 Å². The number of aliphatic hydroxyl groups excluding tert-OH is 1. The third kappa shape index (κ3) is 8.51. The van der Waals surface area contributed by atoms with Gasteiger partial charge in [-0.2, -0.15) is 13.2 Å². The number of methoxy groups -OCH3 is 1. The van der Waals surface area contributed by atoms with Crippen LogP contribution >= 0.6 is 0 Å². The Bertz CT molecular complexity index is 1350. The van der Waals surface area contributed by atoms with E-state index >= 15 is 0 Å². The number of likely N-dealkylation sites (tertiary alicyclic amines) is 1. The monoisotopic (exact) mass is 587 g/mol. The Morgan fingerprint density at radius 3 is 2.10 bits per heavy atom. The summed E-state index contributed by atoms with van der Waals surface area (Å²) in [6, 6.07) is 7.06. The van der Waals surface area contributed by atoms with E-state index in [9.17, 15) is 37.5 Å². The van der Waals surface area contributed by atoms with Crippen LogP contribution < -0.4 is 10.3 Å². The summed E-state index contributed by atoms with van der Waals surface area (Å²) in [7, 11) is 2.46. The molecule has 224 valence electrons. The number of carbonyl (C=O) groups is 4. The van der Waals surface area contributed by atoms with Crippen molar-refractivity contribution in [1.29, 1.82) is 0 Å². The first-order valence-corrected chi connectivity index (χ1v) is 11.8. The summed E-state index contributed by atoms with van der Waals surface area (Å²) < 4.78 is 48.2. The lowest BCUT2D eigenvalue weighted by molar-refractivity contribution is -0.192. The predicted molar refractivity (Wildman–Crippen MR) is 132 cm³/mol. The third-order valence-electron chi connectivity index (χ3n) is 5.31. The number of hydrogen-bond acceptors (Lipinski definition) is 10. The Morgan fingerprint density at radius 2 is 1.61 bits per heavy atom. The van der Waals surface area contributed by atoms with E-state index in [1.165, 1.54) is 24.1 Å². The van der Waals surface area contributed by atoms with Crippen LogP contribution in [0.15, 0.2) is 35.1 Å². The molecule has 0 radical (unpaired) electrons. The number of carbonyl (C=O) groups excluding carboxylic acids is 3. The van der Waals surface area contributed by atoms with Gasteiger partial charge in [0.05, 0.1) is 31.4 Å². The summed E-state index contributed by atoms with van der Waals surface area (Å²) in [4.78, 5) is 65.3. The minimum Gasteiger partial charge on any atom is -0.475 e. The Labute approximate surface area is 231 Å². The van der Waals surface area contributed by atoms with Crippen LogP contribution in [-0.4, -0.2) is 80.2 Å². The maximum Gasteiger partial charge on any atom is 0.490 e. The van der Waals surface area contributed by atoms with Gasteiger partial charge in [-0.3, -0.25) is 14.3 Å². The average Bonchev–Trinajstić information content (AvgIpc) is 3.27. The van der Waals surface area contributed by atoms with E-state index in [0.29, 0.717) is 0 Å². The molecule has 1 amide bonds. The molecule has 13 nitrogen and oxygen atoms in total. The number of esters is 2. The fourth-order valence-electron chi connectivity index (χ4n) is 3.53. The molecule has 0 saturated carbocycles. The van der Waals surface area contributed by atoms with E-state index in [0.717, 1.165) is 11.7 Å². The molecule has 16 heteroatoms. The van der Waals surface area contributed by atoms with Crippen molar-refractivity contribution in [3.63, 3.8) is 0 Å². The van der Waals surface area contributed by atoms with Gasteiger partial charge in [0.2, 0.25) is 5.75 Å². The highest BCUT2D eigenvalue weighted by Gasteiger charge is 2.41. The molecule has 1 fully saturated rings. The molecule has 41 heavy (non-hydrogen) atoms. The van der Waals surface area contributed by atoms with Crippen molar-refractivity contribution >= 4 is 24.0 Å². The lowest BCUT2D eigenvalue weighted by atomic mass is 10.1.